The first-order valence-electron chi connectivity index (χ1n) is 11.3. The van der Waals surface area contributed by atoms with Crippen molar-refractivity contribution in [3.63, 3.8) is 0 Å². The predicted molar refractivity (Wildman–Crippen MR) is 127 cm³/mol. The number of aryl methyl sites for hydroxylation is 1. The van der Waals surface area contributed by atoms with Gasteiger partial charge in [0.05, 0.1) is 22.2 Å². The molecule has 1 amide bonds. The summed E-state index contributed by atoms with van der Waals surface area (Å²) in [7, 11) is -3.69. The summed E-state index contributed by atoms with van der Waals surface area (Å²) < 4.78 is 61.8. The molecule has 4 atom stereocenters. The first kappa shape index (κ1) is 25.0. The average molecular weight is 504 g/mol. The lowest BCUT2D eigenvalue weighted by molar-refractivity contribution is 0.0938. The van der Waals surface area contributed by atoms with Crippen molar-refractivity contribution in [2.45, 2.75) is 49.8 Å². The Morgan fingerprint density at radius 3 is 2.60 bits per heavy atom. The lowest BCUT2D eigenvalue weighted by Gasteiger charge is -2.35. The summed E-state index contributed by atoms with van der Waals surface area (Å²) in [6, 6.07) is 9.61. The van der Waals surface area contributed by atoms with Gasteiger partial charge in [0, 0.05) is 18.2 Å². The van der Waals surface area contributed by atoms with Crippen LogP contribution in [0.15, 0.2) is 53.3 Å². The summed E-state index contributed by atoms with van der Waals surface area (Å²) in [6.07, 6.45) is 1.00. The molecule has 1 fully saturated rings. The largest absolute Gasteiger partial charge is 0.364 e. The molecule has 2 N–H and O–H groups in total. The van der Waals surface area contributed by atoms with E-state index < -0.39 is 50.0 Å². The van der Waals surface area contributed by atoms with Crippen molar-refractivity contribution < 1.29 is 26.5 Å². The summed E-state index contributed by atoms with van der Waals surface area (Å²) >= 11 is 0. The fourth-order valence-electron chi connectivity index (χ4n) is 4.48. The Labute approximate surface area is 202 Å². The van der Waals surface area contributed by atoms with Crippen LogP contribution in [0.4, 0.5) is 8.78 Å². The summed E-state index contributed by atoms with van der Waals surface area (Å²) in [6.45, 7) is 5.11. The standard InChI is InChI=1S/C25H27F2N3O4S/c1-14(29-25(31)20-13-34-30-15(20)2)19-11-21(26)18(9-22(19)27)10-23-16(3)28-12-24(35(23,32)33)17-7-5-4-6-8-17/h4-9,11,13-14,16,23-24,28H,10,12H2,1-3H3,(H,29,31)/t14?,16-,23?,24-/m0/s1. The van der Waals surface area contributed by atoms with Crippen LogP contribution < -0.4 is 10.6 Å². The molecule has 35 heavy (non-hydrogen) atoms. The number of benzene rings is 2. The lowest BCUT2D eigenvalue weighted by Crippen LogP contribution is -2.53. The second-order valence-corrected chi connectivity index (χ2v) is 11.3. The van der Waals surface area contributed by atoms with Gasteiger partial charge in [-0.05, 0) is 50.5 Å². The molecule has 0 saturated carbocycles. The summed E-state index contributed by atoms with van der Waals surface area (Å²) in [5, 5.41) is 7.73. The van der Waals surface area contributed by atoms with E-state index in [2.05, 4.69) is 15.8 Å². The molecule has 0 bridgehead atoms. The molecule has 4 rings (SSSR count). The smallest absolute Gasteiger partial charge is 0.256 e. The van der Waals surface area contributed by atoms with Gasteiger partial charge in [-0.3, -0.25) is 4.79 Å². The van der Waals surface area contributed by atoms with Crippen LogP contribution >= 0.6 is 0 Å². The maximum Gasteiger partial charge on any atom is 0.256 e. The summed E-state index contributed by atoms with van der Waals surface area (Å²) in [5.41, 5.74) is 1.16. The normalized spacial score (nSPS) is 22.5. The van der Waals surface area contributed by atoms with Crippen LogP contribution in [0.1, 0.15) is 57.9 Å². The highest BCUT2D eigenvalue weighted by atomic mass is 32.2. The van der Waals surface area contributed by atoms with Crippen LogP contribution in [0.3, 0.4) is 0 Å². The molecule has 10 heteroatoms. The van der Waals surface area contributed by atoms with E-state index in [0.717, 1.165) is 12.1 Å². The lowest BCUT2D eigenvalue weighted by atomic mass is 9.99. The van der Waals surface area contributed by atoms with Gasteiger partial charge in [-0.15, -0.1) is 0 Å². The predicted octanol–water partition coefficient (Wildman–Crippen LogP) is 3.81. The zero-order valence-corrected chi connectivity index (χ0v) is 20.4. The molecule has 0 aliphatic carbocycles. The number of rotatable bonds is 6. The minimum Gasteiger partial charge on any atom is -0.364 e. The highest BCUT2D eigenvalue weighted by molar-refractivity contribution is 7.92. The molecule has 2 heterocycles. The van der Waals surface area contributed by atoms with Crippen LogP contribution in [-0.2, 0) is 16.3 Å². The highest BCUT2D eigenvalue weighted by Crippen LogP contribution is 2.33. The van der Waals surface area contributed by atoms with E-state index in [9.17, 15) is 13.2 Å². The molecular weight excluding hydrogens is 476 g/mol. The van der Waals surface area contributed by atoms with E-state index in [1.165, 1.54) is 13.2 Å². The van der Waals surface area contributed by atoms with Gasteiger partial charge in [-0.25, -0.2) is 17.2 Å². The van der Waals surface area contributed by atoms with Crippen molar-refractivity contribution in [1.82, 2.24) is 15.8 Å². The molecule has 1 aliphatic heterocycles. The molecule has 186 valence electrons. The van der Waals surface area contributed by atoms with Crippen LogP contribution in [0.25, 0.3) is 0 Å². The van der Waals surface area contributed by atoms with E-state index in [-0.39, 0.29) is 29.7 Å². The van der Waals surface area contributed by atoms with Crippen molar-refractivity contribution in [2.75, 3.05) is 6.54 Å². The molecule has 2 aromatic carbocycles. The fraction of sp³-hybridized carbons (Fsp3) is 0.360. The van der Waals surface area contributed by atoms with Crippen LogP contribution in [0, 0.1) is 18.6 Å². The van der Waals surface area contributed by atoms with E-state index >= 15 is 8.78 Å². The molecular formula is C25H27F2N3O4S. The third-order valence-electron chi connectivity index (χ3n) is 6.57. The summed E-state index contributed by atoms with van der Waals surface area (Å²) in [4.78, 5) is 12.4. The van der Waals surface area contributed by atoms with Gasteiger partial charge in [0.15, 0.2) is 9.84 Å². The molecule has 1 aliphatic rings. The van der Waals surface area contributed by atoms with Gasteiger partial charge in [-0.2, -0.15) is 0 Å². The Balaban J connectivity index is 1.56. The van der Waals surface area contributed by atoms with E-state index in [1.54, 1.807) is 38.1 Å². The Hall–Kier alpha value is -3.11. The monoisotopic (exact) mass is 503 g/mol. The van der Waals surface area contributed by atoms with Gasteiger partial charge < -0.3 is 15.2 Å². The minimum absolute atomic E-state index is 0.0319. The fourth-order valence-corrected chi connectivity index (χ4v) is 6.84. The molecule has 2 unspecified atom stereocenters. The first-order valence-corrected chi connectivity index (χ1v) is 12.9. The Morgan fingerprint density at radius 2 is 1.94 bits per heavy atom. The Kier molecular flexibility index (Phi) is 7.05. The van der Waals surface area contributed by atoms with Crippen molar-refractivity contribution >= 4 is 15.7 Å². The number of halogens is 2. The van der Waals surface area contributed by atoms with Crippen molar-refractivity contribution in [3.05, 3.63) is 88.3 Å². The van der Waals surface area contributed by atoms with Gasteiger partial charge >= 0.3 is 0 Å². The van der Waals surface area contributed by atoms with Gasteiger partial charge in [0.2, 0.25) is 0 Å². The van der Waals surface area contributed by atoms with Gasteiger partial charge in [0.1, 0.15) is 23.5 Å². The number of nitrogens with zero attached hydrogens (tertiary/aromatic N) is 1. The quantitative estimate of drug-likeness (QED) is 0.531. The number of nitrogens with one attached hydrogen (secondary N) is 2. The number of sulfone groups is 1. The number of carbonyl (C=O) groups excluding carboxylic acids is 1. The SMILES string of the molecule is Cc1nocc1C(=O)NC(C)c1cc(F)c(CC2[C@H](C)NC[C@@H](c3ccccc3)S2(=O)=O)cc1F. The summed E-state index contributed by atoms with van der Waals surface area (Å²) in [5.74, 6) is -1.99. The molecule has 1 aromatic heterocycles. The zero-order valence-electron chi connectivity index (χ0n) is 19.6. The molecule has 0 radical (unpaired) electrons. The Bertz CT molecular complexity index is 1330. The third kappa shape index (κ3) is 4.99. The minimum atomic E-state index is -3.69. The number of aromatic nitrogens is 1. The number of hydrogen-bond acceptors (Lipinski definition) is 6. The maximum atomic E-state index is 15.1. The van der Waals surface area contributed by atoms with Crippen LogP contribution in [-0.4, -0.2) is 37.3 Å². The number of carbonyl (C=O) groups is 1. The first-order chi connectivity index (χ1) is 16.6. The van der Waals surface area contributed by atoms with Crippen LogP contribution in [0.5, 0.6) is 0 Å². The second kappa shape index (κ2) is 9.87. The van der Waals surface area contributed by atoms with E-state index in [4.69, 9.17) is 4.52 Å². The highest BCUT2D eigenvalue weighted by Gasteiger charge is 2.42. The van der Waals surface area contributed by atoms with Crippen molar-refractivity contribution in [2.24, 2.45) is 0 Å². The topological polar surface area (TPSA) is 101 Å². The van der Waals surface area contributed by atoms with Crippen LogP contribution in [0.2, 0.25) is 0 Å². The molecule has 0 spiro atoms. The third-order valence-corrected chi connectivity index (χ3v) is 9.22. The second-order valence-electron chi connectivity index (χ2n) is 8.90. The van der Waals surface area contributed by atoms with Crippen molar-refractivity contribution in [1.29, 1.82) is 0 Å². The average Bonchev–Trinajstić information content (AvgIpc) is 3.24. The number of hydrogen-bond donors (Lipinski definition) is 2. The molecule has 1 saturated heterocycles. The zero-order chi connectivity index (χ0) is 25.3. The maximum absolute atomic E-state index is 15.1. The molecule has 7 nitrogen and oxygen atoms in total. The van der Waals surface area contributed by atoms with E-state index in [1.807, 2.05) is 6.07 Å². The van der Waals surface area contributed by atoms with E-state index in [0.29, 0.717) is 11.3 Å². The number of amides is 1. The van der Waals surface area contributed by atoms with Gasteiger partial charge in [0.25, 0.3) is 5.91 Å². The molecule has 3 aromatic rings. The van der Waals surface area contributed by atoms with Gasteiger partial charge in [-0.1, -0.05) is 35.5 Å². The van der Waals surface area contributed by atoms with Crippen molar-refractivity contribution in [3.8, 4) is 0 Å². The Morgan fingerprint density at radius 1 is 1.23 bits per heavy atom.